The Labute approximate surface area is 245 Å². The van der Waals surface area contributed by atoms with Gasteiger partial charge in [-0.2, -0.15) is 5.10 Å². The lowest BCUT2D eigenvalue weighted by molar-refractivity contribution is -0.124. The number of nitrogens with one attached hydrogen (secondary N) is 3. The lowest BCUT2D eigenvalue weighted by Gasteiger charge is -2.22. The molecular formula is C31H36N4O7. The van der Waals surface area contributed by atoms with Crippen LogP contribution in [-0.4, -0.2) is 56.1 Å². The van der Waals surface area contributed by atoms with Crippen molar-refractivity contribution in [2.45, 2.75) is 39.0 Å². The summed E-state index contributed by atoms with van der Waals surface area (Å²) in [6.45, 7) is 5.11. The van der Waals surface area contributed by atoms with Crippen LogP contribution in [0.3, 0.4) is 0 Å². The number of hydrazone groups is 1. The van der Waals surface area contributed by atoms with Crippen molar-refractivity contribution in [3.8, 4) is 11.5 Å². The van der Waals surface area contributed by atoms with Crippen LogP contribution in [0.15, 0.2) is 84.0 Å². The highest BCUT2D eigenvalue weighted by atomic mass is 16.6. The second-order valence-electron chi connectivity index (χ2n) is 10.0. The first kappa shape index (κ1) is 31.6. The van der Waals surface area contributed by atoms with Gasteiger partial charge in [-0.05, 0) is 62.2 Å². The second-order valence-corrected chi connectivity index (χ2v) is 10.0. The Kier molecular flexibility index (Phi) is 11.9. The maximum absolute atomic E-state index is 12.9. The minimum absolute atomic E-state index is 0.104. The Morgan fingerprint density at radius 1 is 0.929 bits per heavy atom. The molecule has 11 nitrogen and oxygen atoms in total. The molecule has 1 atom stereocenters. The van der Waals surface area contributed by atoms with E-state index in [1.165, 1.54) is 13.3 Å². The highest BCUT2D eigenvalue weighted by Crippen LogP contribution is 2.27. The summed E-state index contributed by atoms with van der Waals surface area (Å²) in [6.07, 6.45) is 0.648. The van der Waals surface area contributed by atoms with Gasteiger partial charge in [-0.1, -0.05) is 48.5 Å². The van der Waals surface area contributed by atoms with Gasteiger partial charge < -0.3 is 29.6 Å². The Balaban J connectivity index is 1.57. The Morgan fingerprint density at radius 3 is 2.29 bits per heavy atom. The zero-order chi connectivity index (χ0) is 30.4. The van der Waals surface area contributed by atoms with Gasteiger partial charge in [0.1, 0.15) is 11.6 Å². The van der Waals surface area contributed by atoms with Crippen molar-refractivity contribution in [1.29, 1.82) is 0 Å². The van der Waals surface area contributed by atoms with Crippen LogP contribution in [0.2, 0.25) is 0 Å². The first-order valence-corrected chi connectivity index (χ1v) is 13.2. The molecule has 0 heterocycles. The topological polar surface area (TPSA) is 137 Å². The van der Waals surface area contributed by atoms with E-state index < -0.39 is 23.6 Å². The molecule has 0 bridgehead atoms. The summed E-state index contributed by atoms with van der Waals surface area (Å²) >= 11 is 0. The molecule has 0 spiro atoms. The maximum atomic E-state index is 12.9. The molecule has 3 aromatic carbocycles. The molecule has 3 aromatic rings. The zero-order valence-electron chi connectivity index (χ0n) is 24.1. The fourth-order valence-corrected chi connectivity index (χ4v) is 3.50. The van der Waals surface area contributed by atoms with Gasteiger partial charge in [0.15, 0.2) is 18.1 Å². The third-order valence-electron chi connectivity index (χ3n) is 5.40. The first-order valence-electron chi connectivity index (χ1n) is 13.2. The molecule has 0 fully saturated rings. The first-order chi connectivity index (χ1) is 20.1. The van der Waals surface area contributed by atoms with E-state index >= 15 is 0 Å². The molecule has 0 radical (unpaired) electrons. The van der Waals surface area contributed by atoms with E-state index in [4.69, 9.17) is 18.9 Å². The molecule has 42 heavy (non-hydrogen) atoms. The normalized spacial score (nSPS) is 11.8. The zero-order valence-corrected chi connectivity index (χ0v) is 24.1. The lowest BCUT2D eigenvalue weighted by Crippen LogP contribution is -2.49. The van der Waals surface area contributed by atoms with Crippen molar-refractivity contribution < 1.29 is 33.3 Å². The molecule has 0 saturated heterocycles. The quantitative estimate of drug-likeness (QED) is 0.204. The van der Waals surface area contributed by atoms with Crippen LogP contribution < -0.4 is 25.5 Å². The van der Waals surface area contributed by atoms with Crippen LogP contribution in [0.1, 0.15) is 31.9 Å². The lowest BCUT2D eigenvalue weighted by atomic mass is 10.2. The predicted molar refractivity (Wildman–Crippen MR) is 159 cm³/mol. The number of methoxy groups -OCH3 is 1. The Morgan fingerprint density at radius 2 is 1.62 bits per heavy atom. The number of amides is 3. The predicted octanol–water partition coefficient (Wildman–Crippen LogP) is 4.27. The minimum atomic E-state index is -1.06. The number of ether oxygens (including phenoxy) is 4. The standard InChI is InChI=1S/C31H36N4O7/c1-31(2,3)42-30(38)34-25(20-40-19-22-11-7-5-8-12-22)29(37)35-32-18-23-15-16-26(27(17-23)39-4)41-21-28(36)33-24-13-9-6-10-14-24/h5-18,25H,19-21H2,1-4H3,(H,33,36)(H,34,38)(H,35,37)/b32-18-/t25-/m0/s1. The van der Waals surface area contributed by atoms with Crippen molar-refractivity contribution in [3.05, 3.63) is 90.0 Å². The van der Waals surface area contributed by atoms with Crippen LogP contribution >= 0.6 is 0 Å². The smallest absolute Gasteiger partial charge is 0.408 e. The number of hydrogen-bond donors (Lipinski definition) is 3. The summed E-state index contributed by atoms with van der Waals surface area (Å²) < 4.78 is 22.0. The van der Waals surface area contributed by atoms with Crippen molar-refractivity contribution in [2.24, 2.45) is 5.10 Å². The van der Waals surface area contributed by atoms with Gasteiger partial charge in [0, 0.05) is 5.69 Å². The van der Waals surface area contributed by atoms with Crippen molar-refractivity contribution in [3.63, 3.8) is 0 Å². The monoisotopic (exact) mass is 576 g/mol. The van der Waals surface area contributed by atoms with Gasteiger partial charge in [-0.25, -0.2) is 10.2 Å². The molecule has 0 unspecified atom stereocenters. The summed E-state index contributed by atoms with van der Waals surface area (Å²) in [6, 6.07) is 22.4. The van der Waals surface area contributed by atoms with Gasteiger partial charge >= 0.3 is 6.09 Å². The summed E-state index contributed by atoms with van der Waals surface area (Å²) in [5.41, 5.74) is 3.85. The highest BCUT2D eigenvalue weighted by Gasteiger charge is 2.24. The average molecular weight is 577 g/mol. The highest BCUT2D eigenvalue weighted by molar-refractivity contribution is 5.92. The van der Waals surface area contributed by atoms with E-state index in [-0.39, 0.29) is 25.7 Å². The van der Waals surface area contributed by atoms with Gasteiger partial charge in [0.05, 0.1) is 26.5 Å². The number of hydrogen-bond acceptors (Lipinski definition) is 8. The number of para-hydroxylation sites is 1. The minimum Gasteiger partial charge on any atom is -0.493 e. The third-order valence-corrected chi connectivity index (χ3v) is 5.40. The number of carbonyl (C=O) groups is 3. The van der Waals surface area contributed by atoms with E-state index in [1.54, 1.807) is 51.1 Å². The van der Waals surface area contributed by atoms with E-state index in [0.29, 0.717) is 22.7 Å². The fraction of sp³-hybridized carbons (Fsp3) is 0.290. The molecule has 0 aromatic heterocycles. The summed E-state index contributed by atoms with van der Waals surface area (Å²) in [4.78, 5) is 37.4. The van der Waals surface area contributed by atoms with E-state index in [0.717, 1.165) is 5.56 Å². The summed E-state index contributed by atoms with van der Waals surface area (Å²) in [7, 11) is 1.47. The summed E-state index contributed by atoms with van der Waals surface area (Å²) in [5.74, 6) is -0.184. The third kappa shape index (κ3) is 11.3. The van der Waals surface area contributed by atoms with Crippen molar-refractivity contribution >= 4 is 29.8 Å². The van der Waals surface area contributed by atoms with Crippen molar-refractivity contribution in [1.82, 2.24) is 10.7 Å². The molecule has 0 saturated carbocycles. The van der Waals surface area contributed by atoms with Gasteiger partial charge in [0.25, 0.3) is 11.8 Å². The fourth-order valence-electron chi connectivity index (χ4n) is 3.50. The van der Waals surface area contributed by atoms with Crippen LogP contribution in [0.4, 0.5) is 10.5 Å². The van der Waals surface area contributed by atoms with E-state index in [9.17, 15) is 14.4 Å². The van der Waals surface area contributed by atoms with Crippen LogP contribution in [0, 0.1) is 0 Å². The maximum Gasteiger partial charge on any atom is 0.408 e. The number of nitrogens with zero attached hydrogens (tertiary/aromatic N) is 1. The number of benzene rings is 3. The van der Waals surface area contributed by atoms with Crippen LogP contribution in [0.5, 0.6) is 11.5 Å². The second kappa shape index (κ2) is 15.8. The van der Waals surface area contributed by atoms with Gasteiger partial charge in [-0.15, -0.1) is 0 Å². The number of rotatable bonds is 13. The molecule has 222 valence electrons. The molecule has 0 aliphatic heterocycles. The summed E-state index contributed by atoms with van der Waals surface area (Å²) in [5, 5.41) is 9.28. The molecule has 3 amide bonds. The van der Waals surface area contributed by atoms with Crippen LogP contribution in [-0.2, 0) is 25.7 Å². The number of carbonyl (C=O) groups excluding carboxylic acids is 3. The Hall–Kier alpha value is -4.90. The number of alkyl carbamates (subject to hydrolysis) is 1. The molecule has 3 N–H and O–H groups in total. The largest absolute Gasteiger partial charge is 0.493 e. The van der Waals surface area contributed by atoms with Gasteiger partial charge in [-0.3, -0.25) is 9.59 Å². The molecule has 3 rings (SSSR count). The molecule has 0 aliphatic rings. The number of anilines is 1. The average Bonchev–Trinajstić information content (AvgIpc) is 2.96. The molecular weight excluding hydrogens is 540 g/mol. The SMILES string of the molecule is COc1cc(/C=N\NC(=O)[C@H](COCc2ccccc2)NC(=O)OC(C)(C)C)ccc1OCC(=O)Nc1ccccc1. The Bertz CT molecular complexity index is 1340. The molecule has 0 aliphatic carbocycles. The van der Waals surface area contributed by atoms with Crippen LogP contribution in [0.25, 0.3) is 0 Å². The van der Waals surface area contributed by atoms with Crippen molar-refractivity contribution in [2.75, 3.05) is 25.6 Å². The van der Waals surface area contributed by atoms with E-state index in [2.05, 4.69) is 21.2 Å². The van der Waals surface area contributed by atoms with E-state index in [1.807, 2.05) is 48.5 Å². The van der Waals surface area contributed by atoms with Gasteiger partial charge in [0.2, 0.25) is 0 Å². The molecule has 11 heteroatoms.